The van der Waals surface area contributed by atoms with Gasteiger partial charge in [-0.2, -0.15) is 0 Å². The molecule has 0 radical (unpaired) electrons. The highest BCUT2D eigenvalue weighted by atomic mass is 35.5. The summed E-state index contributed by atoms with van der Waals surface area (Å²) in [6, 6.07) is 12.6. The number of methoxy groups -OCH3 is 1. The normalized spacial score (nSPS) is 11.8. The topological polar surface area (TPSA) is 67.8 Å². The number of hydrogen-bond donors (Lipinski definition) is 1. The Morgan fingerprint density at radius 3 is 2.73 bits per heavy atom. The second-order valence-electron chi connectivity index (χ2n) is 4.70. The number of oxime groups is 1. The standard InChI is InChI=1S/C16H13ClN2O3/c1-21-12-5-2-10(3-6-12)8-14(19-20)16-18-13-7-4-11(17)9-15(13)22-16/h2-7,9,20H,8H2,1H3/b19-14+. The van der Waals surface area contributed by atoms with Gasteiger partial charge < -0.3 is 14.4 Å². The Bertz CT molecular complexity index is 825. The van der Waals surface area contributed by atoms with E-state index in [2.05, 4.69) is 10.1 Å². The summed E-state index contributed by atoms with van der Waals surface area (Å²) < 4.78 is 10.7. The van der Waals surface area contributed by atoms with E-state index in [4.69, 9.17) is 20.8 Å². The minimum atomic E-state index is 0.274. The molecule has 1 aromatic heterocycles. The zero-order valence-electron chi connectivity index (χ0n) is 11.8. The maximum atomic E-state index is 9.26. The van der Waals surface area contributed by atoms with Crippen LogP contribution >= 0.6 is 11.6 Å². The molecule has 0 fully saturated rings. The van der Waals surface area contributed by atoms with Crippen molar-refractivity contribution in [1.29, 1.82) is 0 Å². The molecular weight excluding hydrogens is 304 g/mol. The molecule has 0 aliphatic heterocycles. The van der Waals surface area contributed by atoms with Crippen molar-refractivity contribution in [3.8, 4) is 5.75 Å². The summed E-state index contributed by atoms with van der Waals surface area (Å²) in [5, 5.41) is 13.1. The van der Waals surface area contributed by atoms with Crippen LogP contribution in [0.4, 0.5) is 0 Å². The summed E-state index contributed by atoms with van der Waals surface area (Å²) in [6.45, 7) is 0. The van der Waals surface area contributed by atoms with E-state index in [9.17, 15) is 5.21 Å². The highest BCUT2D eigenvalue weighted by Gasteiger charge is 2.14. The number of ether oxygens (including phenoxy) is 1. The van der Waals surface area contributed by atoms with E-state index in [1.54, 1.807) is 25.3 Å². The molecule has 1 heterocycles. The van der Waals surface area contributed by atoms with Gasteiger partial charge in [-0.3, -0.25) is 0 Å². The number of nitrogens with zero attached hydrogens (tertiary/aromatic N) is 2. The largest absolute Gasteiger partial charge is 0.497 e. The van der Waals surface area contributed by atoms with E-state index in [0.717, 1.165) is 11.3 Å². The number of oxazole rings is 1. The molecule has 3 aromatic rings. The molecule has 112 valence electrons. The second-order valence-corrected chi connectivity index (χ2v) is 5.14. The SMILES string of the molecule is COc1ccc(C/C(=N\O)c2nc3ccc(Cl)cc3o2)cc1. The van der Waals surface area contributed by atoms with E-state index in [1.165, 1.54) is 0 Å². The van der Waals surface area contributed by atoms with E-state index < -0.39 is 0 Å². The number of aromatic nitrogens is 1. The number of fused-ring (bicyclic) bond motifs is 1. The Morgan fingerprint density at radius 2 is 2.05 bits per heavy atom. The smallest absolute Gasteiger partial charge is 0.245 e. The monoisotopic (exact) mass is 316 g/mol. The lowest BCUT2D eigenvalue weighted by Crippen LogP contribution is -2.05. The predicted octanol–water partition coefficient (Wildman–Crippen LogP) is 3.91. The Kier molecular flexibility index (Phi) is 3.98. The molecule has 0 aliphatic carbocycles. The quantitative estimate of drug-likeness (QED) is 0.450. The minimum absolute atomic E-state index is 0.274. The maximum Gasteiger partial charge on any atom is 0.245 e. The van der Waals surface area contributed by atoms with Crippen LogP contribution in [0.5, 0.6) is 5.75 Å². The lowest BCUT2D eigenvalue weighted by Gasteiger charge is -2.03. The van der Waals surface area contributed by atoms with Crippen molar-refractivity contribution in [2.75, 3.05) is 7.11 Å². The maximum absolute atomic E-state index is 9.26. The lowest BCUT2D eigenvalue weighted by atomic mass is 10.1. The lowest BCUT2D eigenvalue weighted by molar-refractivity contribution is 0.317. The summed E-state index contributed by atoms with van der Waals surface area (Å²) in [5.74, 6) is 1.04. The van der Waals surface area contributed by atoms with Gasteiger partial charge >= 0.3 is 0 Å². The first-order chi connectivity index (χ1) is 10.7. The van der Waals surface area contributed by atoms with Crippen LogP contribution in [0.1, 0.15) is 11.5 Å². The Balaban J connectivity index is 1.88. The van der Waals surface area contributed by atoms with Crippen LogP contribution in [0.15, 0.2) is 52.0 Å². The molecule has 0 saturated heterocycles. The number of rotatable bonds is 4. The molecule has 1 N–H and O–H groups in total. The predicted molar refractivity (Wildman–Crippen MR) is 84.0 cm³/mol. The average molecular weight is 317 g/mol. The van der Waals surface area contributed by atoms with Crippen LogP contribution in [0.2, 0.25) is 5.02 Å². The van der Waals surface area contributed by atoms with Gasteiger partial charge in [0.05, 0.1) is 7.11 Å². The summed E-state index contributed by atoms with van der Waals surface area (Å²) in [4.78, 5) is 4.31. The highest BCUT2D eigenvalue weighted by molar-refractivity contribution is 6.31. The fourth-order valence-corrected chi connectivity index (χ4v) is 2.27. The van der Waals surface area contributed by atoms with Gasteiger partial charge in [-0.05, 0) is 29.8 Å². The molecule has 2 aromatic carbocycles. The van der Waals surface area contributed by atoms with Crippen molar-refractivity contribution < 1.29 is 14.4 Å². The summed E-state index contributed by atoms with van der Waals surface area (Å²) >= 11 is 5.92. The molecule has 0 aliphatic rings. The minimum Gasteiger partial charge on any atom is -0.497 e. The fourth-order valence-electron chi connectivity index (χ4n) is 2.11. The third-order valence-electron chi connectivity index (χ3n) is 3.25. The average Bonchev–Trinajstić information content (AvgIpc) is 2.96. The fraction of sp³-hybridized carbons (Fsp3) is 0.125. The summed E-state index contributed by atoms with van der Waals surface area (Å²) in [6.07, 6.45) is 0.390. The van der Waals surface area contributed by atoms with Crippen molar-refractivity contribution in [3.63, 3.8) is 0 Å². The van der Waals surface area contributed by atoms with Crippen LogP contribution in [0.25, 0.3) is 11.1 Å². The van der Waals surface area contributed by atoms with Crippen molar-refractivity contribution in [2.45, 2.75) is 6.42 Å². The van der Waals surface area contributed by atoms with E-state index >= 15 is 0 Å². The molecule has 0 bridgehead atoms. The molecule has 0 atom stereocenters. The molecule has 0 spiro atoms. The van der Waals surface area contributed by atoms with Gasteiger partial charge in [0.25, 0.3) is 0 Å². The first-order valence-electron chi connectivity index (χ1n) is 6.60. The molecule has 22 heavy (non-hydrogen) atoms. The number of hydrogen-bond acceptors (Lipinski definition) is 5. The van der Waals surface area contributed by atoms with Crippen LogP contribution in [0, 0.1) is 0 Å². The van der Waals surface area contributed by atoms with Gasteiger partial charge in [-0.15, -0.1) is 0 Å². The first kappa shape index (κ1) is 14.4. The van der Waals surface area contributed by atoms with E-state index in [0.29, 0.717) is 28.3 Å². The third-order valence-corrected chi connectivity index (χ3v) is 3.48. The molecule has 0 amide bonds. The Hall–Kier alpha value is -2.53. The summed E-state index contributed by atoms with van der Waals surface area (Å²) in [7, 11) is 1.61. The first-order valence-corrected chi connectivity index (χ1v) is 6.97. The van der Waals surface area contributed by atoms with E-state index in [-0.39, 0.29) is 5.89 Å². The second kappa shape index (κ2) is 6.07. The molecular formula is C16H13ClN2O3. The molecule has 6 heteroatoms. The highest BCUT2D eigenvalue weighted by Crippen LogP contribution is 2.21. The van der Waals surface area contributed by atoms with Gasteiger partial charge in [0.1, 0.15) is 17.0 Å². The molecule has 3 rings (SSSR count). The van der Waals surface area contributed by atoms with E-state index in [1.807, 2.05) is 24.3 Å². The van der Waals surface area contributed by atoms with Gasteiger partial charge in [-0.1, -0.05) is 28.9 Å². The number of halogens is 1. The summed E-state index contributed by atoms with van der Waals surface area (Å²) in [5.41, 5.74) is 2.51. The zero-order chi connectivity index (χ0) is 15.5. The van der Waals surface area contributed by atoms with Crippen molar-refractivity contribution in [3.05, 3.63) is 58.9 Å². The van der Waals surface area contributed by atoms with Crippen LogP contribution in [-0.2, 0) is 6.42 Å². The third kappa shape index (κ3) is 2.89. The van der Waals surface area contributed by atoms with Gasteiger partial charge in [0.2, 0.25) is 5.89 Å². The molecule has 5 nitrogen and oxygen atoms in total. The molecule has 0 saturated carbocycles. The Labute approximate surface area is 131 Å². The van der Waals surface area contributed by atoms with Gasteiger partial charge in [-0.25, -0.2) is 4.98 Å². The van der Waals surface area contributed by atoms with Crippen molar-refractivity contribution in [2.24, 2.45) is 5.16 Å². The van der Waals surface area contributed by atoms with Crippen LogP contribution in [0.3, 0.4) is 0 Å². The van der Waals surface area contributed by atoms with Crippen LogP contribution in [-0.4, -0.2) is 23.0 Å². The van der Waals surface area contributed by atoms with Gasteiger partial charge in [0, 0.05) is 17.5 Å². The number of benzene rings is 2. The Morgan fingerprint density at radius 1 is 1.27 bits per heavy atom. The molecule has 0 unspecified atom stereocenters. The van der Waals surface area contributed by atoms with Crippen molar-refractivity contribution in [1.82, 2.24) is 4.98 Å². The zero-order valence-corrected chi connectivity index (χ0v) is 12.5. The van der Waals surface area contributed by atoms with Crippen molar-refractivity contribution >= 4 is 28.4 Å². The van der Waals surface area contributed by atoms with Crippen LogP contribution < -0.4 is 4.74 Å². The van der Waals surface area contributed by atoms with Gasteiger partial charge in [0.15, 0.2) is 5.58 Å².